The monoisotopic (exact) mass is 673 g/mol. The molecule has 0 saturated carbocycles. The first-order valence-electron chi connectivity index (χ1n) is 15.2. The standard InChI is InChI=1S/C39H35N3O6S/c1-46-30-16-10-11-26(23-30)24-34(42-37(43)28-14-8-5-9-15-28)38(44)40-29-17-20-32(21-18-29)49-36(27-12-6-4-7-13-27)39(45)41-33-22-19-31(47-2)25-35(33)48-3/h4-25,36H,1-3H3,(H,40,44)(H,41,45)(H,42,43)/b34-24-. The van der Waals surface area contributed by atoms with E-state index in [0.717, 1.165) is 10.5 Å². The van der Waals surface area contributed by atoms with Crippen molar-refractivity contribution < 1.29 is 28.6 Å². The lowest BCUT2D eigenvalue weighted by atomic mass is 10.1. The summed E-state index contributed by atoms with van der Waals surface area (Å²) in [6.45, 7) is 0. The van der Waals surface area contributed by atoms with Crippen LogP contribution in [0.5, 0.6) is 17.2 Å². The molecular weight excluding hydrogens is 639 g/mol. The third-order valence-electron chi connectivity index (χ3n) is 7.31. The number of hydrogen-bond donors (Lipinski definition) is 3. The fraction of sp³-hybridized carbons (Fsp3) is 0.103. The summed E-state index contributed by atoms with van der Waals surface area (Å²) < 4.78 is 16.1. The maximum absolute atomic E-state index is 13.7. The Morgan fingerprint density at radius 3 is 2.02 bits per heavy atom. The summed E-state index contributed by atoms with van der Waals surface area (Å²) in [5.41, 5.74) is 2.97. The smallest absolute Gasteiger partial charge is 0.272 e. The second-order valence-electron chi connectivity index (χ2n) is 10.6. The van der Waals surface area contributed by atoms with Gasteiger partial charge in [0.1, 0.15) is 28.2 Å². The number of nitrogens with one attached hydrogen (secondary N) is 3. The first kappa shape index (κ1) is 34.3. The highest BCUT2D eigenvalue weighted by Gasteiger charge is 2.24. The molecule has 0 saturated heterocycles. The maximum Gasteiger partial charge on any atom is 0.272 e. The average molecular weight is 674 g/mol. The molecule has 1 unspecified atom stereocenters. The van der Waals surface area contributed by atoms with Crippen molar-refractivity contribution in [1.82, 2.24) is 5.32 Å². The molecule has 0 radical (unpaired) electrons. The maximum atomic E-state index is 13.7. The summed E-state index contributed by atoms with van der Waals surface area (Å²) in [6, 6.07) is 37.6. The number of carbonyl (C=O) groups is 3. The molecule has 5 aromatic carbocycles. The summed E-state index contributed by atoms with van der Waals surface area (Å²) in [4.78, 5) is 41.0. The first-order chi connectivity index (χ1) is 23.9. The van der Waals surface area contributed by atoms with Crippen LogP contribution < -0.4 is 30.2 Å². The van der Waals surface area contributed by atoms with Crippen LogP contribution >= 0.6 is 11.8 Å². The fourth-order valence-electron chi connectivity index (χ4n) is 4.79. The molecule has 0 aromatic heterocycles. The van der Waals surface area contributed by atoms with Gasteiger partial charge in [0.05, 0.1) is 27.0 Å². The van der Waals surface area contributed by atoms with E-state index < -0.39 is 17.1 Å². The van der Waals surface area contributed by atoms with Gasteiger partial charge in [0, 0.05) is 22.2 Å². The Bertz CT molecular complexity index is 1930. The van der Waals surface area contributed by atoms with E-state index in [4.69, 9.17) is 14.2 Å². The number of methoxy groups -OCH3 is 3. The van der Waals surface area contributed by atoms with Gasteiger partial charge in [-0.05, 0) is 77.9 Å². The number of hydrogen-bond acceptors (Lipinski definition) is 7. The van der Waals surface area contributed by atoms with Gasteiger partial charge in [0.25, 0.3) is 11.8 Å². The lowest BCUT2D eigenvalue weighted by molar-refractivity contribution is -0.116. The number of carbonyl (C=O) groups excluding carboxylic acids is 3. The van der Waals surface area contributed by atoms with Gasteiger partial charge in [-0.3, -0.25) is 14.4 Å². The Balaban J connectivity index is 1.34. The molecule has 3 amide bonds. The Kier molecular flexibility index (Phi) is 11.7. The zero-order chi connectivity index (χ0) is 34.6. The first-order valence-corrected chi connectivity index (χ1v) is 16.1. The molecule has 10 heteroatoms. The molecule has 0 heterocycles. The number of anilines is 2. The molecule has 49 heavy (non-hydrogen) atoms. The second kappa shape index (κ2) is 16.7. The second-order valence-corrected chi connectivity index (χ2v) is 11.8. The van der Waals surface area contributed by atoms with Crippen molar-refractivity contribution in [2.24, 2.45) is 0 Å². The highest BCUT2D eigenvalue weighted by molar-refractivity contribution is 8.00. The predicted octanol–water partition coefficient (Wildman–Crippen LogP) is 7.59. The topological polar surface area (TPSA) is 115 Å². The van der Waals surface area contributed by atoms with Crippen molar-refractivity contribution in [3.05, 3.63) is 150 Å². The summed E-state index contributed by atoms with van der Waals surface area (Å²) in [5.74, 6) is 0.527. The molecule has 5 rings (SSSR count). The fourth-order valence-corrected chi connectivity index (χ4v) is 5.82. The van der Waals surface area contributed by atoms with Gasteiger partial charge >= 0.3 is 0 Å². The van der Waals surface area contributed by atoms with Crippen LogP contribution in [0.25, 0.3) is 6.08 Å². The van der Waals surface area contributed by atoms with Crippen LogP contribution in [-0.2, 0) is 9.59 Å². The van der Waals surface area contributed by atoms with E-state index >= 15 is 0 Å². The lowest BCUT2D eigenvalue weighted by Gasteiger charge is -2.19. The van der Waals surface area contributed by atoms with Crippen LogP contribution in [0.4, 0.5) is 11.4 Å². The van der Waals surface area contributed by atoms with Crippen LogP contribution in [0.3, 0.4) is 0 Å². The summed E-state index contributed by atoms with van der Waals surface area (Å²) in [6.07, 6.45) is 1.59. The molecular formula is C39H35N3O6S. The quantitative estimate of drug-likeness (QED) is 0.0872. The Hall–Kier alpha value is -6.00. The molecule has 3 N–H and O–H groups in total. The van der Waals surface area contributed by atoms with E-state index in [9.17, 15) is 14.4 Å². The molecule has 0 aliphatic carbocycles. The molecule has 9 nitrogen and oxygen atoms in total. The van der Waals surface area contributed by atoms with Gasteiger partial charge in [-0.15, -0.1) is 11.8 Å². The summed E-state index contributed by atoms with van der Waals surface area (Å²) in [7, 11) is 4.65. The zero-order valence-corrected chi connectivity index (χ0v) is 28.0. The molecule has 0 aliphatic heterocycles. The van der Waals surface area contributed by atoms with Gasteiger partial charge in [-0.25, -0.2) is 0 Å². The third-order valence-corrected chi connectivity index (χ3v) is 8.57. The van der Waals surface area contributed by atoms with E-state index in [1.807, 2.05) is 48.5 Å². The largest absolute Gasteiger partial charge is 0.497 e. The van der Waals surface area contributed by atoms with E-state index in [2.05, 4.69) is 16.0 Å². The highest BCUT2D eigenvalue weighted by Crippen LogP contribution is 2.38. The van der Waals surface area contributed by atoms with Gasteiger partial charge in [0.15, 0.2) is 0 Å². The van der Waals surface area contributed by atoms with E-state index in [1.54, 1.807) is 99.2 Å². The van der Waals surface area contributed by atoms with Crippen LogP contribution in [0.1, 0.15) is 26.7 Å². The minimum atomic E-state index is -0.598. The summed E-state index contributed by atoms with van der Waals surface area (Å²) >= 11 is 1.36. The van der Waals surface area contributed by atoms with Crippen LogP contribution in [0, 0.1) is 0 Å². The molecule has 0 aliphatic rings. The minimum absolute atomic E-state index is 0.0512. The van der Waals surface area contributed by atoms with Crippen LogP contribution in [0.15, 0.2) is 138 Å². The van der Waals surface area contributed by atoms with Crippen molar-refractivity contribution in [2.75, 3.05) is 32.0 Å². The Morgan fingerprint density at radius 1 is 0.673 bits per heavy atom. The van der Waals surface area contributed by atoms with Gasteiger partial charge in [-0.2, -0.15) is 0 Å². The van der Waals surface area contributed by atoms with Crippen molar-refractivity contribution in [2.45, 2.75) is 10.1 Å². The molecule has 1 atom stereocenters. The van der Waals surface area contributed by atoms with Crippen molar-refractivity contribution in [3.8, 4) is 17.2 Å². The van der Waals surface area contributed by atoms with Gasteiger partial charge < -0.3 is 30.2 Å². The van der Waals surface area contributed by atoms with Crippen LogP contribution in [-0.4, -0.2) is 39.1 Å². The predicted molar refractivity (Wildman–Crippen MR) is 193 cm³/mol. The number of thioether (sulfide) groups is 1. The molecule has 0 fully saturated rings. The average Bonchev–Trinajstić information content (AvgIpc) is 3.15. The SMILES string of the molecule is COc1cccc(/C=C(\NC(=O)c2ccccc2)C(=O)Nc2ccc(SC(C(=O)Nc3ccc(OC)cc3OC)c3ccccc3)cc2)c1. The zero-order valence-electron chi connectivity index (χ0n) is 27.1. The van der Waals surface area contributed by atoms with E-state index in [-0.39, 0.29) is 11.6 Å². The number of rotatable bonds is 13. The van der Waals surface area contributed by atoms with Crippen molar-refractivity contribution in [1.29, 1.82) is 0 Å². The lowest BCUT2D eigenvalue weighted by Crippen LogP contribution is -2.30. The molecule has 0 spiro atoms. The molecule has 5 aromatic rings. The van der Waals surface area contributed by atoms with Crippen LogP contribution in [0.2, 0.25) is 0 Å². The third kappa shape index (κ3) is 9.30. The Labute approximate surface area is 289 Å². The molecule has 248 valence electrons. The Morgan fingerprint density at radius 2 is 1.35 bits per heavy atom. The number of ether oxygens (including phenoxy) is 3. The summed E-state index contributed by atoms with van der Waals surface area (Å²) in [5, 5.41) is 8.01. The van der Waals surface area contributed by atoms with E-state index in [0.29, 0.717) is 39.8 Å². The minimum Gasteiger partial charge on any atom is -0.497 e. The van der Waals surface area contributed by atoms with Gasteiger partial charge in [-0.1, -0.05) is 60.7 Å². The normalized spacial score (nSPS) is 11.5. The highest BCUT2D eigenvalue weighted by atomic mass is 32.2. The van der Waals surface area contributed by atoms with Crippen molar-refractivity contribution in [3.63, 3.8) is 0 Å². The number of benzene rings is 5. The van der Waals surface area contributed by atoms with E-state index in [1.165, 1.54) is 18.9 Å². The van der Waals surface area contributed by atoms with Gasteiger partial charge in [0.2, 0.25) is 5.91 Å². The number of amides is 3. The molecule has 0 bridgehead atoms. The van der Waals surface area contributed by atoms with Crippen molar-refractivity contribution >= 4 is 46.9 Å².